The van der Waals surface area contributed by atoms with E-state index in [1.54, 1.807) is 43.3 Å². The molecule has 1 aliphatic carbocycles. The van der Waals surface area contributed by atoms with Crippen LogP contribution < -0.4 is 4.74 Å². The van der Waals surface area contributed by atoms with Gasteiger partial charge in [0.15, 0.2) is 5.78 Å². The third-order valence-electron chi connectivity index (χ3n) is 4.03. The highest BCUT2D eigenvalue weighted by Crippen LogP contribution is 2.41. The molecule has 0 aromatic heterocycles. The minimum absolute atomic E-state index is 0.0920. The van der Waals surface area contributed by atoms with Crippen LogP contribution in [0, 0.1) is 5.92 Å². The lowest BCUT2D eigenvalue weighted by molar-refractivity contribution is -0.00501. The first-order valence-electron chi connectivity index (χ1n) is 6.85. The van der Waals surface area contributed by atoms with E-state index < -0.39 is 11.5 Å². The Morgan fingerprint density at radius 3 is 2.73 bits per heavy atom. The van der Waals surface area contributed by atoms with Crippen LogP contribution in [0.3, 0.4) is 0 Å². The molecule has 1 aliphatic rings. The SMILES string of the molecule is CC1(O)c2ccccc2C(=O)C1COc1ccc(Cl)cc1Br. The summed E-state index contributed by atoms with van der Waals surface area (Å²) in [5, 5.41) is 11.3. The van der Waals surface area contributed by atoms with Crippen molar-refractivity contribution in [1.82, 2.24) is 0 Å². The number of rotatable bonds is 3. The Bertz CT molecular complexity index is 742. The Balaban J connectivity index is 1.83. The molecule has 0 amide bonds. The van der Waals surface area contributed by atoms with Gasteiger partial charge in [-0.05, 0) is 46.6 Å². The molecule has 2 unspecified atom stereocenters. The number of halogens is 2. The maximum absolute atomic E-state index is 12.5. The third kappa shape index (κ3) is 2.56. The highest BCUT2D eigenvalue weighted by molar-refractivity contribution is 9.10. The lowest BCUT2D eigenvalue weighted by Crippen LogP contribution is -2.34. The number of ether oxygens (including phenoxy) is 1. The van der Waals surface area contributed by atoms with Gasteiger partial charge in [0.25, 0.3) is 0 Å². The number of hydrogen-bond donors (Lipinski definition) is 1. The number of ketones is 1. The highest BCUT2D eigenvalue weighted by Gasteiger charge is 2.48. The molecular weight excluding hydrogens is 368 g/mol. The molecule has 22 heavy (non-hydrogen) atoms. The minimum Gasteiger partial charge on any atom is -0.492 e. The average Bonchev–Trinajstić information content (AvgIpc) is 2.67. The van der Waals surface area contributed by atoms with Gasteiger partial charge < -0.3 is 9.84 Å². The normalized spacial score (nSPS) is 23.5. The minimum atomic E-state index is -1.23. The summed E-state index contributed by atoms with van der Waals surface area (Å²) in [7, 11) is 0. The zero-order valence-electron chi connectivity index (χ0n) is 11.8. The zero-order valence-corrected chi connectivity index (χ0v) is 14.2. The van der Waals surface area contributed by atoms with Crippen LogP contribution in [0.1, 0.15) is 22.8 Å². The maximum Gasteiger partial charge on any atom is 0.172 e. The second kappa shape index (κ2) is 5.69. The van der Waals surface area contributed by atoms with E-state index >= 15 is 0 Å². The molecule has 0 heterocycles. The summed E-state index contributed by atoms with van der Waals surface area (Å²) < 4.78 is 6.44. The number of fused-ring (bicyclic) bond motifs is 1. The highest BCUT2D eigenvalue weighted by atomic mass is 79.9. The third-order valence-corrected chi connectivity index (χ3v) is 4.89. The Morgan fingerprint density at radius 2 is 2.05 bits per heavy atom. The van der Waals surface area contributed by atoms with Gasteiger partial charge in [0.05, 0.1) is 10.4 Å². The van der Waals surface area contributed by atoms with Crippen LogP contribution in [0.25, 0.3) is 0 Å². The van der Waals surface area contributed by atoms with E-state index in [9.17, 15) is 9.90 Å². The molecular formula is C17H14BrClO3. The molecule has 2 aromatic rings. The van der Waals surface area contributed by atoms with Crippen molar-refractivity contribution in [2.75, 3.05) is 6.61 Å². The lowest BCUT2D eigenvalue weighted by atomic mass is 9.89. The maximum atomic E-state index is 12.5. The summed E-state index contributed by atoms with van der Waals surface area (Å²) >= 11 is 9.27. The van der Waals surface area contributed by atoms with Gasteiger partial charge in [-0.2, -0.15) is 0 Å². The van der Waals surface area contributed by atoms with Gasteiger partial charge in [0, 0.05) is 10.6 Å². The van der Waals surface area contributed by atoms with E-state index in [0.29, 0.717) is 26.4 Å². The largest absolute Gasteiger partial charge is 0.492 e. The second-order valence-corrected chi connectivity index (χ2v) is 6.79. The summed E-state index contributed by atoms with van der Waals surface area (Å²) in [5.41, 5.74) is -0.00732. The van der Waals surface area contributed by atoms with E-state index in [1.165, 1.54) is 0 Å². The first kappa shape index (κ1) is 15.5. The van der Waals surface area contributed by atoms with Crippen LogP contribution in [0.4, 0.5) is 0 Å². The van der Waals surface area contributed by atoms with Crippen LogP contribution in [0.2, 0.25) is 5.02 Å². The molecule has 2 aromatic carbocycles. The topological polar surface area (TPSA) is 46.5 Å². The lowest BCUT2D eigenvalue weighted by Gasteiger charge is -2.25. The van der Waals surface area contributed by atoms with E-state index in [2.05, 4.69) is 15.9 Å². The molecule has 114 valence electrons. The molecule has 0 bridgehead atoms. The summed E-state index contributed by atoms with van der Waals surface area (Å²) in [5.74, 6) is -0.137. The van der Waals surface area contributed by atoms with E-state index in [-0.39, 0.29) is 12.4 Å². The Labute approximate surface area is 142 Å². The van der Waals surface area contributed by atoms with E-state index in [1.807, 2.05) is 6.07 Å². The fourth-order valence-corrected chi connectivity index (χ4v) is 3.57. The molecule has 2 atom stereocenters. The summed E-state index contributed by atoms with van der Waals surface area (Å²) in [4.78, 5) is 12.5. The fourth-order valence-electron chi connectivity index (χ4n) is 2.77. The average molecular weight is 382 g/mol. The van der Waals surface area contributed by atoms with Crippen molar-refractivity contribution in [2.45, 2.75) is 12.5 Å². The predicted octanol–water partition coefficient (Wildman–Crippen LogP) is 4.20. The van der Waals surface area contributed by atoms with Crippen molar-refractivity contribution in [1.29, 1.82) is 0 Å². The molecule has 3 nitrogen and oxygen atoms in total. The molecule has 0 fully saturated rings. The summed E-state index contributed by atoms with van der Waals surface area (Å²) in [6.45, 7) is 1.75. The van der Waals surface area contributed by atoms with Crippen molar-refractivity contribution in [3.05, 3.63) is 63.1 Å². The van der Waals surface area contributed by atoms with Gasteiger partial charge in [-0.15, -0.1) is 0 Å². The van der Waals surface area contributed by atoms with Crippen molar-refractivity contribution in [2.24, 2.45) is 5.92 Å². The molecule has 0 spiro atoms. The van der Waals surface area contributed by atoms with Gasteiger partial charge in [0.1, 0.15) is 18.0 Å². The number of benzene rings is 2. The molecule has 0 aliphatic heterocycles. The summed E-state index contributed by atoms with van der Waals surface area (Å²) in [6, 6.07) is 12.3. The Hall–Kier alpha value is -1.36. The number of Topliss-reactive ketones (excluding diaryl/α,β-unsaturated/α-hetero) is 1. The number of aliphatic hydroxyl groups is 1. The second-order valence-electron chi connectivity index (χ2n) is 5.50. The fraction of sp³-hybridized carbons (Fsp3) is 0.235. The van der Waals surface area contributed by atoms with Gasteiger partial charge in [0.2, 0.25) is 0 Å². The molecule has 0 saturated carbocycles. The first-order chi connectivity index (χ1) is 10.4. The Kier molecular flexibility index (Phi) is 4.02. The molecule has 1 N–H and O–H groups in total. The Morgan fingerprint density at radius 1 is 1.32 bits per heavy atom. The van der Waals surface area contributed by atoms with E-state index in [0.717, 1.165) is 0 Å². The van der Waals surface area contributed by atoms with Crippen LogP contribution >= 0.6 is 27.5 Å². The van der Waals surface area contributed by atoms with Crippen molar-refractivity contribution in [3.8, 4) is 5.75 Å². The zero-order chi connectivity index (χ0) is 15.9. The van der Waals surface area contributed by atoms with Gasteiger partial charge in [-0.1, -0.05) is 35.9 Å². The van der Waals surface area contributed by atoms with Crippen molar-refractivity contribution < 1.29 is 14.6 Å². The predicted molar refractivity (Wildman–Crippen MR) is 88.5 cm³/mol. The number of carbonyl (C=O) groups excluding carboxylic acids is 1. The molecule has 5 heteroatoms. The van der Waals surface area contributed by atoms with Gasteiger partial charge in [-0.3, -0.25) is 4.79 Å². The van der Waals surface area contributed by atoms with Gasteiger partial charge >= 0.3 is 0 Å². The van der Waals surface area contributed by atoms with Crippen LogP contribution in [0.15, 0.2) is 46.9 Å². The van der Waals surface area contributed by atoms with Crippen LogP contribution in [-0.2, 0) is 5.60 Å². The molecule has 3 rings (SSSR count). The smallest absolute Gasteiger partial charge is 0.172 e. The summed E-state index contributed by atoms with van der Waals surface area (Å²) in [6.07, 6.45) is 0. The number of hydrogen-bond acceptors (Lipinski definition) is 3. The molecule has 0 radical (unpaired) electrons. The first-order valence-corrected chi connectivity index (χ1v) is 8.02. The van der Waals surface area contributed by atoms with E-state index in [4.69, 9.17) is 16.3 Å². The quantitative estimate of drug-likeness (QED) is 0.866. The van der Waals surface area contributed by atoms with Crippen LogP contribution in [-0.4, -0.2) is 17.5 Å². The number of carbonyl (C=O) groups is 1. The van der Waals surface area contributed by atoms with Crippen molar-refractivity contribution in [3.63, 3.8) is 0 Å². The molecule has 0 saturated heterocycles. The van der Waals surface area contributed by atoms with Crippen LogP contribution in [0.5, 0.6) is 5.75 Å². The van der Waals surface area contributed by atoms with Crippen molar-refractivity contribution >= 4 is 33.3 Å². The monoisotopic (exact) mass is 380 g/mol. The standard InChI is InChI=1S/C17H14BrClO3/c1-17(21)12-5-3-2-4-11(12)16(20)13(17)9-22-15-7-6-10(19)8-14(15)18/h2-8,13,21H,9H2,1H3. The van der Waals surface area contributed by atoms with Gasteiger partial charge in [-0.25, -0.2) is 0 Å².